The second-order valence-electron chi connectivity index (χ2n) is 5.56. The molecule has 0 atom stereocenters. The first-order valence-electron chi connectivity index (χ1n) is 6.92. The topological polar surface area (TPSA) is 61.8 Å². The lowest BCUT2D eigenvalue weighted by molar-refractivity contribution is 0.200. The van der Waals surface area contributed by atoms with Crippen molar-refractivity contribution in [2.75, 3.05) is 19.6 Å². The monoisotopic (exact) mass is 293 g/mol. The quantitative estimate of drug-likeness (QED) is 0.856. The summed E-state index contributed by atoms with van der Waals surface area (Å²) in [5.74, 6) is 0.445. The fourth-order valence-corrected chi connectivity index (χ4v) is 3.64. The van der Waals surface area contributed by atoms with Crippen molar-refractivity contribution in [3.8, 4) is 0 Å². The molecular weight excluding hydrogens is 274 g/mol. The smallest absolute Gasteiger partial charge is 0.276 e. The Kier molecular flexibility index (Phi) is 3.52. The van der Waals surface area contributed by atoms with Crippen molar-refractivity contribution in [3.63, 3.8) is 0 Å². The van der Waals surface area contributed by atoms with Crippen molar-refractivity contribution in [2.24, 2.45) is 11.0 Å². The van der Waals surface area contributed by atoms with E-state index in [1.807, 2.05) is 6.92 Å². The van der Waals surface area contributed by atoms with Crippen molar-refractivity contribution in [2.45, 2.75) is 24.7 Å². The summed E-state index contributed by atoms with van der Waals surface area (Å²) in [7, 11) is -3.55. The predicted molar refractivity (Wildman–Crippen MR) is 78.1 cm³/mol. The third-order valence-corrected chi connectivity index (χ3v) is 5.31. The fourth-order valence-electron chi connectivity index (χ4n) is 2.80. The minimum absolute atomic E-state index is 0.258. The number of nitrogens with zero attached hydrogens (tertiary/aromatic N) is 2. The van der Waals surface area contributed by atoms with E-state index in [9.17, 15) is 8.42 Å². The van der Waals surface area contributed by atoms with Gasteiger partial charge in [-0.3, -0.25) is 4.90 Å². The largest absolute Gasteiger partial charge is 0.298 e. The van der Waals surface area contributed by atoms with Crippen LogP contribution >= 0.6 is 0 Å². The van der Waals surface area contributed by atoms with Crippen LogP contribution in [0.3, 0.4) is 0 Å². The maximum absolute atomic E-state index is 12.2. The number of piperidine rings is 3. The lowest BCUT2D eigenvalue weighted by Crippen LogP contribution is -2.48. The van der Waals surface area contributed by atoms with Gasteiger partial charge in [-0.2, -0.15) is 13.5 Å². The van der Waals surface area contributed by atoms with Gasteiger partial charge >= 0.3 is 0 Å². The summed E-state index contributed by atoms with van der Waals surface area (Å²) in [6.45, 7) is 4.93. The Labute approximate surface area is 119 Å². The van der Waals surface area contributed by atoms with Crippen LogP contribution in [0.4, 0.5) is 0 Å². The highest BCUT2D eigenvalue weighted by Crippen LogP contribution is 2.25. The number of sulfonamides is 1. The summed E-state index contributed by atoms with van der Waals surface area (Å²) in [6, 6.07) is 6.79. The summed E-state index contributed by atoms with van der Waals surface area (Å²) in [5, 5.41) is 4.17. The number of hydrogen-bond acceptors (Lipinski definition) is 4. The zero-order chi connectivity index (χ0) is 14.2. The van der Waals surface area contributed by atoms with Crippen molar-refractivity contribution >= 4 is 15.7 Å². The van der Waals surface area contributed by atoms with Gasteiger partial charge in [-0.1, -0.05) is 17.7 Å². The van der Waals surface area contributed by atoms with E-state index < -0.39 is 10.0 Å². The highest BCUT2D eigenvalue weighted by Gasteiger charge is 2.31. The van der Waals surface area contributed by atoms with Gasteiger partial charge in [-0.25, -0.2) is 4.83 Å². The molecular formula is C14H19N3O2S. The van der Waals surface area contributed by atoms with Crippen LogP contribution < -0.4 is 4.83 Å². The van der Waals surface area contributed by atoms with Crippen LogP contribution in [0.25, 0.3) is 0 Å². The third kappa shape index (κ3) is 2.71. The van der Waals surface area contributed by atoms with Crippen molar-refractivity contribution in [1.82, 2.24) is 9.73 Å². The molecule has 3 aliphatic heterocycles. The molecule has 3 saturated heterocycles. The molecule has 108 valence electrons. The van der Waals surface area contributed by atoms with Crippen molar-refractivity contribution in [3.05, 3.63) is 29.8 Å². The SMILES string of the molecule is Cc1ccc(S(=O)(=O)N/N=C2/CN3CCC2CC3)cc1. The number of benzene rings is 1. The van der Waals surface area contributed by atoms with E-state index in [0.29, 0.717) is 5.92 Å². The average Bonchev–Trinajstić information content (AvgIpc) is 2.47. The molecule has 0 radical (unpaired) electrons. The molecule has 1 aromatic carbocycles. The van der Waals surface area contributed by atoms with E-state index in [4.69, 9.17) is 0 Å². The molecule has 2 bridgehead atoms. The Balaban J connectivity index is 1.75. The van der Waals surface area contributed by atoms with Crippen molar-refractivity contribution < 1.29 is 8.42 Å². The molecule has 20 heavy (non-hydrogen) atoms. The Hall–Kier alpha value is -1.40. The molecule has 0 saturated carbocycles. The van der Waals surface area contributed by atoms with Gasteiger partial charge in [0.1, 0.15) is 0 Å². The predicted octanol–water partition coefficient (Wildman–Crippen LogP) is 1.35. The first-order chi connectivity index (χ1) is 9.54. The molecule has 3 fully saturated rings. The van der Waals surface area contributed by atoms with Crippen LogP contribution in [0, 0.1) is 12.8 Å². The van der Waals surface area contributed by atoms with Gasteiger partial charge in [-0.05, 0) is 45.0 Å². The molecule has 1 N–H and O–H groups in total. The molecule has 0 aliphatic carbocycles. The molecule has 4 rings (SSSR count). The maximum atomic E-state index is 12.2. The Morgan fingerprint density at radius 2 is 1.85 bits per heavy atom. The van der Waals surface area contributed by atoms with E-state index in [-0.39, 0.29) is 4.90 Å². The molecule has 3 aliphatic rings. The van der Waals surface area contributed by atoms with E-state index in [1.54, 1.807) is 24.3 Å². The highest BCUT2D eigenvalue weighted by atomic mass is 32.2. The number of fused-ring (bicyclic) bond motifs is 3. The molecule has 0 aromatic heterocycles. The first kappa shape index (κ1) is 13.6. The Morgan fingerprint density at radius 1 is 1.20 bits per heavy atom. The summed E-state index contributed by atoms with van der Waals surface area (Å²) in [6.07, 6.45) is 2.18. The average molecular weight is 293 g/mol. The molecule has 0 spiro atoms. The van der Waals surface area contributed by atoms with E-state index in [1.165, 1.54) is 0 Å². The van der Waals surface area contributed by atoms with E-state index in [0.717, 1.165) is 43.8 Å². The van der Waals surface area contributed by atoms with Gasteiger partial charge in [0.15, 0.2) is 0 Å². The number of nitrogens with one attached hydrogen (secondary N) is 1. The minimum Gasteiger partial charge on any atom is -0.298 e. The zero-order valence-corrected chi connectivity index (χ0v) is 12.4. The summed E-state index contributed by atoms with van der Waals surface area (Å²) in [4.78, 5) is 4.96. The van der Waals surface area contributed by atoms with Crippen LogP contribution in [-0.2, 0) is 10.0 Å². The lowest BCUT2D eigenvalue weighted by atomic mass is 9.87. The molecule has 1 aromatic rings. The molecule has 0 amide bonds. The van der Waals surface area contributed by atoms with E-state index >= 15 is 0 Å². The Morgan fingerprint density at radius 3 is 2.40 bits per heavy atom. The second kappa shape index (κ2) is 5.18. The van der Waals surface area contributed by atoms with E-state index in [2.05, 4.69) is 14.8 Å². The van der Waals surface area contributed by atoms with Gasteiger partial charge < -0.3 is 0 Å². The van der Waals surface area contributed by atoms with Gasteiger partial charge in [-0.15, -0.1) is 0 Å². The van der Waals surface area contributed by atoms with Crippen LogP contribution in [0.2, 0.25) is 0 Å². The minimum atomic E-state index is -3.55. The number of rotatable bonds is 3. The molecule has 5 nitrogen and oxygen atoms in total. The third-order valence-electron chi connectivity index (χ3n) is 4.09. The Bertz CT molecular complexity index is 614. The van der Waals surface area contributed by atoms with Crippen LogP contribution in [0.1, 0.15) is 18.4 Å². The number of hydrazone groups is 1. The lowest BCUT2D eigenvalue weighted by Gasteiger charge is -2.39. The van der Waals surface area contributed by atoms with Gasteiger partial charge in [0.2, 0.25) is 0 Å². The number of aryl methyl sites for hydroxylation is 1. The summed E-state index contributed by atoms with van der Waals surface area (Å²) < 4.78 is 24.3. The second-order valence-corrected chi connectivity index (χ2v) is 7.22. The van der Waals surface area contributed by atoms with Gasteiger partial charge in [0.05, 0.1) is 10.6 Å². The fraction of sp³-hybridized carbons (Fsp3) is 0.500. The van der Waals surface area contributed by atoms with Crippen molar-refractivity contribution in [1.29, 1.82) is 0 Å². The van der Waals surface area contributed by atoms with Gasteiger partial charge in [0.25, 0.3) is 10.0 Å². The molecule has 0 unspecified atom stereocenters. The summed E-state index contributed by atoms with van der Waals surface area (Å²) >= 11 is 0. The maximum Gasteiger partial charge on any atom is 0.276 e. The standard InChI is InChI=1S/C14H19N3O2S/c1-11-2-4-13(5-3-11)20(18,19)16-15-14-10-17-8-6-12(14)7-9-17/h2-5,12,16H,6-10H2,1H3/b15-14-. The first-order valence-corrected chi connectivity index (χ1v) is 8.40. The zero-order valence-electron chi connectivity index (χ0n) is 11.5. The highest BCUT2D eigenvalue weighted by molar-refractivity contribution is 7.89. The van der Waals surface area contributed by atoms with Crippen LogP contribution in [0.15, 0.2) is 34.3 Å². The normalized spacial score (nSPS) is 27.8. The van der Waals surface area contributed by atoms with Crippen LogP contribution in [-0.4, -0.2) is 38.7 Å². The molecule has 6 heteroatoms. The molecule has 3 heterocycles. The summed E-state index contributed by atoms with van der Waals surface area (Å²) in [5.41, 5.74) is 2.01. The van der Waals surface area contributed by atoms with Gasteiger partial charge in [0, 0.05) is 12.5 Å². The number of hydrogen-bond donors (Lipinski definition) is 1. The van der Waals surface area contributed by atoms with Crippen LogP contribution in [0.5, 0.6) is 0 Å².